The molecule has 8 nitrogen and oxygen atoms in total. The Balaban J connectivity index is 1.50. The Morgan fingerprint density at radius 1 is 1.00 bits per heavy atom. The molecule has 3 fully saturated rings. The first-order valence-electron chi connectivity index (χ1n) is 10.4. The van der Waals surface area contributed by atoms with E-state index in [-0.39, 0.29) is 28.8 Å². The highest BCUT2D eigenvalue weighted by Crippen LogP contribution is 2.45. The minimum atomic E-state index is -0.0769. The second-order valence-corrected chi connectivity index (χ2v) is 9.89. The van der Waals surface area contributed by atoms with Crippen LogP contribution in [-0.4, -0.2) is 70.6 Å². The molecule has 1 amide bonds. The largest absolute Gasteiger partial charge is 0.340 e. The Kier molecular flexibility index (Phi) is 4.72. The summed E-state index contributed by atoms with van der Waals surface area (Å²) in [6.07, 6.45) is 4.28. The fraction of sp³-hybridized carbons (Fsp3) is 0.800. The van der Waals surface area contributed by atoms with Gasteiger partial charge in [-0.3, -0.25) is 4.79 Å². The fourth-order valence-corrected chi connectivity index (χ4v) is 4.65. The highest BCUT2D eigenvalue weighted by molar-refractivity contribution is 5.77. The summed E-state index contributed by atoms with van der Waals surface area (Å²) in [6, 6.07) is -0.0374. The molecule has 3 aliphatic heterocycles. The van der Waals surface area contributed by atoms with Crippen molar-refractivity contribution in [1.29, 1.82) is 0 Å². The number of carbonyl (C=O) groups is 1. The molecule has 3 saturated heterocycles. The van der Waals surface area contributed by atoms with E-state index in [2.05, 4.69) is 47.5 Å². The fourth-order valence-electron chi connectivity index (χ4n) is 4.65. The van der Waals surface area contributed by atoms with Crippen LogP contribution in [0.2, 0.25) is 0 Å². The number of nitrogens with two attached hydrogens (primary N) is 1. The minimum Gasteiger partial charge on any atom is -0.340 e. The number of aromatic nitrogens is 3. The lowest BCUT2D eigenvalue weighted by Crippen LogP contribution is -2.51. The molecule has 0 bridgehead atoms. The van der Waals surface area contributed by atoms with Crippen LogP contribution in [0.3, 0.4) is 0 Å². The van der Waals surface area contributed by atoms with Gasteiger partial charge in [0.15, 0.2) is 0 Å². The van der Waals surface area contributed by atoms with Gasteiger partial charge in [0.2, 0.25) is 17.8 Å². The number of piperidine rings is 1. The molecular formula is C20H33N7O. The van der Waals surface area contributed by atoms with E-state index in [1.54, 1.807) is 6.33 Å². The summed E-state index contributed by atoms with van der Waals surface area (Å²) in [7, 11) is 0. The second-order valence-electron chi connectivity index (χ2n) is 9.89. The van der Waals surface area contributed by atoms with Gasteiger partial charge < -0.3 is 20.4 Å². The third-order valence-electron chi connectivity index (χ3n) is 7.21. The number of hydrogen-bond donors (Lipinski definition) is 1. The second kappa shape index (κ2) is 6.83. The zero-order valence-corrected chi connectivity index (χ0v) is 17.6. The van der Waals surface area contributed by atoms with E-state index in [1.807, 2.05) is 4.90 Å². The molecule has 0 aromatic carbocycles. The lowest BCUT2D eigenvalue weighted by molar-refractivity contribution is -0.135. The van der Waals surface area contributed by atoms with Crippen molar-refractivity contribution in [2.45, 2.75) is 59.0 Å². The number of anilines is 2. The van der Waals surface area contributed by atoms with Gasteiger partial charge >= 0.3 is 0 Å². The Morgan fingerprint density at radius 2 is 1.64 bits per heavy atom. The molecule has 0 aliphatic carbocycles. The number of carbonyl (C=O) groups excluding carboxylic acids is 1. The lowest BCUT2D eigenvalue weighted by Gasteiger charge is -2.34. The van der Waals surface area contributed by atoms with E-state index >= 15 is 0 Å². The van der Waals surface area contributed by atoms with Crippen molar-refractivity contribution in [1.82, 2.24) is 19.9 Å². The summed E-state index contributed by atoms with van der Waals surface area (Å²) < 4.78 is 0. The molecule has 0 unspecified atom stereocenters. The van der Waals surface area contributed by atoms with E-state index < -0.39 is 0 Å². The van der Waals surface area contributed by atoms with E-state index in [4.69, 9.17) is 10.7 Å². The first kappa shape index (κ1) is 19.4. The molecule has 2 N–H and O–H groups in total. The third kappa shape index (κ3) is 3.32. The maximum absolute atomic E-state index is 12.3. The van der Waals surface area contributed by atoms with Gasteiger partial charge in [-0.15, -0.1) is 0 Å². The van der Waals surface area contributed by atoms with Crippen LogP contribution in [0.15, 0.2) is 6.33 Å². The Morgan fingerprint density at radius 3 is 2.29 bits per heavy atom. The molecule has 3 aliphatic rings. The quantitative estimate of drug-likeness (QED) is 0.835. The number of nitrogens with zero attached hydrogens (tertiary/aromatic N) is 6. The molecule has 0 saturated carbocycles. The average molecular weight is 388 g/mol. The highest BCUT2D eigenvalue weighted by atomic mass is 16.2. The zero-order chi connectivity index (χ0) is 20.1. The molecule has 4 heterocycles. The first-order chi connectivity index (χ1) is 13.2. The predicted octanol–water partition coefficient (Wildman–Crippen LogP) is 1.27. The monoisotopic (exact) mass is 387 g/mol. The van der Waals surface area contributed by atoms with Gasteiger partial charge in [0, 0.05) is 45.2 Å². The number of likely N-dealkylation sites (tertiary alicyclic amines) is 1. The van der Waals surface area contributed by atoms with Crippen LogP contribution in [0.25, 0.3) is 0 Å². The summed E-state index contributed by atoms with van der Waals surface area (Å²) in [6.45, 7) is 13.2. The van der Waals surface area contributed by atoms with Gasteiger partial charge in [0.25, 0.3) is 0 Å². The molecule has 1 aromatic rings. The summed E-state index contributed by atoms with van der Waals surface area (Å²) in [5.74, 6) is 1.62. The molecule has 0 spiro atoms. The van der Waals surface area contributed by atoms with Crippen molar-refractivity contribution in [2.75, 3.05) is 42.5 Å². The number of rotatable bonds is 3. The van der Waals surface area contributed by atoms with Gasteiger partial charge in [-0.1, -0.05) is 27.7 Å². The van der Waals surface area contributed by atoms with Crippen molar-refractivity contribution >= 4 is 17.8 Å². The lowest BCUT2D eigenvalue weighted by atomic mass is 9.71. The van der Waals surface area contributed by atoms with E-state index in [0.29, 0.717) is 25.5 Å². The number of hydrogen-bond acceptors (Lipinski definition) is 7. The van der Waals surface area contributed by atoms with Gasteiger partial charge in [-0.05, 0) is 23.7 Å². The Labute approximate surface area is 167 Å². The SMILES string of the molecule is CC1(C)CN(c2ncnc(N3C[C@H](N)[C@@H](N4CCCCC4=O)C3)n2)CC1(C)C. The van der Waals surface area contributed by atoms with Crippen molar-refractivity contribution in [3.05, 3.63) is 6.33 Å². The molecule has 2 atom stereocenters. The summed E-state index contributed by atoms with van der Waals surface area (Å²) in [5, 5.41) is 0. The maximum Gasteiger partial charge on any atom is 0.230 e. The Bertz CT molecular complexity index is 734. The van der Waals surface area contributed by atoms with E-state index in [0.717, 1.165) is 38.4 Å². The van der Waals surface area contributed by atoms with Gasteiger partial charge in [0.05, 0.1) is 6.04 Å². The normalized spacial score (nSPS) is 29.6. The highest BCUT2D eigenvalue weighted by Gasteiger charge is 2.46. The summed E-state index contributed by atoms with van der Waals surface area (Å²) in [5.41, 5.74) is 6.79. The van der Waals surface area contributed by atoms with Crippen LogP contribution in [0, 0.1) is 10.8 Å². The molecule has 8 heteroatoms. The maximum atomic E-state index is 12.3. The number of amides is 1. The van der Waals surface area contributed by atoms with Gasteiger partial charge in [-0.2, -0.15) is 4.98 Å². The van der Waals surface area contributed by atoms with Crippen LogP contribution >= 0.6 is 0 Å². The molecule has 0 radical (unpaired) electrons. The van der Waals surface area contributed by atoms with Crippen LogP contribution in [-0.2, 0) is 4.79 Å². The van der Waals surface area contributed by atoms with Crippen molar-refractivity contribution < 1.29 is 4.79 Å². The first-order valence-corrected chi connectivity index (χ1v) is 10.4. The van der Waals surface area contributed by atoms with E-state index in [1.165, 1.54) is 0 Å². The molecule has 28 heavy (non-hydrogen) atoms. The van der Waals surface area contributed by atoms with Crippen molar-refractivity contribution in [3.8, 4) is 0 Å². The van der Waals surface area contributed by atoms with E-state index in [9.17, 15) is 4.79 Å². The summed E-state index contributed by atoms with van der Waals surface area (Å²) in [4.78, 5) is 32.3. The van der Waals surface area contributed by atoms with Gasteiger partial charge in [-0.25, -0.2) is 9.97 Å². The topological polar surface area (TPSA) is 91.5 Å². The van der Waals surface area contributed by atoms with Crippen LogP contribution in [0.1, 0.15) is 47.0 Å². The van der Waals surface area contributed by atoms with Crippen LogP contribution in [0.4, 0.5) is 11.9 Å². The zero-order valence-electron chi connectivity index (χ0n) is 17.6. The predicted molar refractivity (Wildman–Crippen MR) is 109 cm³/mol. The minimum absolute atomic E-state index is 0.0395. The smallest absolute Gasteiger partial charge is 0.230 e. The Hall–Kier alpha value is -1.96. The molecule has 1 aromatic heterocycles. The van der Waals surface area contributed by atoms with Crippen molar-refractivity contribution in [2.24, 2.45) is 16.6 Å². The molecule has 154 valence electrons. The van der Waals surface area contributed by atoms with Crippen LogP contribution < -0.4 is 15.5 Å². The third-order valence-corrected chi connectivity index (χ3v) is 7.21. The summed E-state index contributed by atoms with van der Waals surface area (Å²) >= 11 is 0. The molecule has 4 rings (SSSR count). The average Bonchev–Trinajstić information content (AvgIpc) is 3.12. The van der Waals surface area contributed by atoms with Gasteiger partial charge in [0.1, 0.15) is 6.33 Å². The standard InChI is InChI=1S/C20H33N7O/c1-19(2)11-26(12-20(19,3)4)18-23-13-22-17(24-18)25-9-14(21)15(10-25)27-8-6-5-7-16(27)28/h13-15H,5-12,21H2,1-4H3/t14-,15-/m0/s1. The molecular weight excluding hydrogens is 354 g/mol. The van der Waals surface area contributed by atoms with Crippen molar-refractivity contribution in [3.63, 3.8) is 0 Å². The van der Waals surface area contributed by atoms with Crippen LogP contribution in [0.5, 0.6) is 0 Å².